The molecular formula is C16H32N4O2S. The lowest BCUT2D eigenvalue weighted by Crippen LogP contribution is -2.41. The normalized spacial score (nSPS) is 22.2. The van der Waals surface area contributed by atoms with Gasteiger partial charge >= 0.3 is 0 Å². The van der Waals surface area contributed by atoms with E-state index in [0.29, 0.717) is 24.4 Å². The number of hydrogen-bond acceptors (Lipinski definition) is 3. The lowest BCUT2D eigenvalue weighted by atomic mass is 9.86. The summed E-state index contributed by atoms with van der Waals surface area (Å²) in [6.07, 6.45) is 4.67. The van der Waals surface area contributed by atoms with Crippen molar-refractivity contribution in [1.29, 1.82) is 0 Å². The van der Waals surface area contributed by atoms with Crippen molar-refractivity contribution in [2.45, 2.75) is 46.5 Å². The van der Waals surface area contributed by atoms with Gasteiger partial charge in [0.15, 0.2) is 5.96 Å². The first-order chi connectivity index (χ1) is 10.8. The van der Waals surface area contributed by atoms with Crippen LogP contribution in [0.5, 0.6) is 0 Å². The van der Waals surface area contributed by atoms with E-state index in [9.17, 15) is 8.42 Å². The van der Waals surface area contributed by atoms with E-state index < -0.39 is 10.0 Å². The van der Waals surface area contributed by atoms with Crippen molar-refractivity contribution >= 4 is 16.0 Å². The van der Waals surface area contributed by atoms with Crippen LogP contribution < -0.4 is 10.0 Å². The van der Waals surface area contributed by atoms with Gasteiger partial charge in [-0.2, -0.15) is 0 Å². The van der Waals surface area contributed by atoms with Gasteiger partial charge in [0, 0.05) is 26.2 Å². The zero-order chi connectivity index (χ0) is 16.9. The van der Waals surface area contributed by atoms with E-state index in [-0.39, 0.29) is 5.75 Å². The highest BCUT2D eigenvalue weighted by atomic mass is 32.2. The number of aliphatic imine (C=N–C) groups is 1. The molecule has 0 radical (unpaired) electrons. The summed E-state index contributed by atoms with van der Waals surface area (Å²) < 4.78 is 26.8. The molecule has 2 N–H and O–H groups in total. The molecule has 0 bridgehead atoms. The fraction of sp³-hybridized carbons (Fsp3) is 0.938. The van der Waals surface area contributed by atoms with Gasteiger partial charge in [-0.3, -0.25) is 4.99 Å². The molecule has 0 aromatic heterocycles. The van der Waals surface area contributed by atoms with Crippen molar-refractivity contribution in [3.05, 3.63) is 0 Å². The maximum atomic E-state index is 12.0. The summed E-state index contributed by atoms with van der Waals surface area (Å²) in [5.74, 6) is 1.44. The van der Waals surface area contributed by atoms with Gasteiger partial charge in [-0.1, -0.05) is 20.3 Å². The van der Waals surface area contributed by atoms with Crippen LogP contribution in [-0.2, 0) is 10.0 Å². The van der Waals surface area contributed by atoms with E-state index in [1.165, 1.54) is 6.42 Å². The summed E-state index contributed by atoms with van der Waals surface area (Å²) in [6.45, 7) is 10.2. The Kier molecular flexibility index (Phi) is 6.31. The monoisotopic (exact) mass is 344 g/mol. The largest absolute Gasteiger partial charge is 0.357 e. The van der Waals surface area contributed by atoms with Gasteiger partial charge in [0.25, 0.3) is 0 Å². The summed E-state index contributed by atoms with van der Waals surface area (Å²) >= 11 is 0. The molecule has 1 saturated heterocycles. The summed E-state index contributed by atoms with van der Waals surface area (Å²) in [5, 5.41) is 3.28. The molecule has 7 heteroatoms. The lowest BCUT2D eigenvalue weighted by molar-refractivity contribution is 0.316. The molecular weight excluding hydrogens is 312 g/mol. The first kappa shape index (κ1) is 18.5. The Bertz CT molecular complexity index is 512. The molecule has 2 rings (SSSR count). The van der Waals surface area contributed by atoms with Gasteiger partial charge in [0.2, 0.25) is 10.0 Å². The van der Waals surface area contributed by atoms with E-state index in [0.717, 1.165) is 44.9 Å². The van der Waals surface area contributed by atoms with Gasteiger partial charge in [0.05, 0.1) is 12.3 Å². The highest BCUT2D eigenvalue weighted by Crippen LogP contribution is 2.28. The fourth-order valence-electron chi connectivity index (χ4n) is 3.00. The minimum Gasteiger partial charge on any atom is -0.357 e. The van der Waals surface area contributed by atoms with Gasteiger partial charge in [-0.05, 0) is 37.5 Å². The molecule has 2 aliphatic rings. The molecule has 1 aliphatic carbocycles. The average Bonchev–Trinajstić information content (AvgIpc) is 2.76. The van der Waals surface area contributed by atoms with Crippen LogP contribution in [0.15, 0.2) is 4.99 Å². The SMILES string of the molecule is CCNC(=NCCS(=O)(=O)NCC1CCC1)N1CCC(C)(C)C1. The molecule has 0 amide bonds. The molecule has 0 aromatic carbocycles. The van der Waals surface area contributed by atoms with Gasteiger partial charge in [0.1, 0.15) is 0 Å². The number of sulfonamides is 1. The predicted molar refractivity (Wildman–Crippen MR) is 95.1 cm³/mol. The van der Waals surface area contributed by atoms with E-state index in [2.05, 4.69) is 33.8 Å². The Balaban J connectivity index is 1.82. The zero-order valence-electron chi connectivity index (χ0n) is 14.8. The van der Waals surface area contributed by atoms with Crippen LogP contribution in [0.4, 0.5) is 0 Å². The second-order valence-electron chi connectivity index (χ2n) is 7.54. The maximum Gasteiger partial charge on any atom is 0.213 e. The molecule has 23 heavy (non-hydrogen) atoms. The molecule has 0 spiro atoms. The number of nitrogens with zero attached hydrogens (tertiary/aromatic N) is 2. The molecule has 0 aromatic rings. The molecule has 1 saturated carbocycles. The smallest absolute Gasteiger partial charge is 0.213 e. The summed E-state index contributed by atoms with van der Waals surface area (Å²) in [6, 6.07) is 0. The van der Waals surface area contributed by atoms with E-state index in [1.807, 2.05) is 6.92 Å². The van der Waals surface area contributed by atoms with Crippen LogP contribution in [0.2, 0.25) is 0 Å². The third-order valence-electron chi connectivity index (χ3n) is 4.75. The summed E-state index contributed by atoms with van der Waals surface area (Å²) in [5.41, 5.74) is 0.298. The number of hydrogen-bond donors (Lipinski definition) is 2. The van der Waals surface area contributed by atoms with Crippen LogP contribution in [0.3, 0.4) is 0 Å². The van der Waals surface area contributed by atoms with Crippen molar-refractivity contribution in [3.8, 4) is 0 Å². The second-order valence-corrected chi connectivity index (χ2v) is 9.46. The third kappa shape index (κ3) is 5.95. The van der Waals surface area contributed by atoms with Crippen molar-refractivity contribution in [1.82, 2.24) is 14.9 Å². The van der Waals surface area contributed by atoms with Gasteiger partial charge in [-0.15, -0.1) is 0 Å². The summed E-state index contributed by atoms with van der Waals surface area (Å²) in [7, 11) is -3.21. The number of nitrogens with one attached hydrogen (secondary N) is 2. The van der Waals surface area contributed by atoms with Crippen LogP contribution >= 0.6 is 0 Å². The minimum absolute atomic E-state index is 0.0614. The number of likely N-dealkylation sites (tertiary alicyclic amines) is 1. The Morgan fingerprint density at radius 3 is 2.61 bits per heavy atom. The number of rotatable bonds is 7. The fourth-order valence-corrected chi connectivity index (χ4v) is 3.97. The van der Waals surface area contributed by atoms with Crippen LogP contribution in [0.1, 0.15) is 46.5 Å². The van der Waals surface area contributed by atoms with Gasteiger partial charge < -0.3 is 10.2 Å². The van der Waals surface area contributed by atoms with Crippen LogP contribution in [-0.4, -0.2) is 57.8 Å². The minimum atomic E-state index is -3.21. The molecule has 0 atom stereocenters. The van der Waals surface area contributed by atoms with Crippen molar-refractivity contribution in [2.24, 2.45) is 16.3 Å². The van der Waals surface area contributed by atoms with Crippen LogP contribution in [0, 0.1) is 11.3 Å². The highest BCUT2D eigenvalue weighted by Gasteiger charge is 2.30. The molecule has 1 heterocycles. The first-order valence-electron chi connectivity index (χ1n) is 8.82. The highest BCUT2D eigenvalue weighted by molar-refractivity contribution is 7.89. The van der Waals surface area contributed by atoms with E-state index in [4.69, 9.17) is 0 Å². The van der Waals surface area contributed by atoms with Crippen molar-refractivity contribution in [3.63, 3.8) is 0 Å². The van der Waals surface area contributed by atoms with Crippen molar-refractivity contribution < 1.29 is 8.42 Å². The van der Waals surface area contributed by atoms with E-state index >= 15 is 0 Å². The standard InChI is InChI=1S/C16H32N4O2S/c1-4-17-15(20-10-8-16(2,3)13-20)18-9-11-23(21,22)19-12-14-6-5-7-14/h14,19H,4-13H2,1-3H3,(H,17,18). The average molecular weight is 345 g/mol. The van der Waals surface area contributed by atoms with Crippen molar-refractivity contribution in [2.75, 3.05) is 38.5 Å². The van der Waals surface area contributed by atoms with E-state index in [1.54, 1.807) is 0 Å². The Morgan fingerprint density at radius 2 is 2.09 bits per heavy atom. The number of guanidine groups is 1. The maximum absolute atomic E-state index is 12.0. The molecule has 6 nitrogen and oxygen atoms in total. The Morgan fingerprint density at radius 1 is 1.35 bits per heavy atom. The first-order valence-corrected chi connectivity index (χ1v) is 10.5. The third-order valence-corrected chi connectivity index (χ3v) is 6.08. The molecule has 2 fully saturated rings. The summed E-state index contributed by atoms with van der Waals surface area (Å²) in [4.78, 5) is 6.75. The molecule has 1 aliphatic heterocycles. The zero-order valence-corrected chi connectivity index (χ0v) is 15.6. The quantitative estimate of drug-likeness (QED) is 0.541. The second kappa shape index (κ2) is 7.83. The molecule has 134 valence electrons. The Labute approximate surface area is 141 Å². The van der Waals surface area contributed by atoms with Gasteiger partial charge in [-0.25, -0.2) is 13.1 Å². The molecule has 0 unspecified atom stereocenters. The topological polar surface area (TPSA) is 73.8 Å². The lowest BCUT2D eigenvalue weighted by Gasteiger charge is -2.25. The predicted octanol–water partition coefficient (Wildman–Crippen LogP) is 1.40. The Hall–Kier alpha value is -0.820. The van der Waals surface area contributed by atoms with Crippen LogP contribution in [0.25, 0.3) is 0 Å².